The number of halogens is 1. The molecule has 3 atom stereocenters. The van der Waals surface area contributed by atoms with Crippen LogP contribution in [0.4, 0.5) is 0 Å². The van der Waals surface area contributed by atoms with E-state index in [1.807, 2.05) is 6.07 Å². The van der Waals surface area contributed by atoms with Gasteiger partial charge in [0.05, 0.1) is 36.0 Å². The van der Waals surface area contributed by atoms with Crippen LogP contribution in [0.5, 0.6) is 5.75 Å². The first-order valence-electron chi connectivity index (χ1n) is 9.73. The highest BCUT2D eigenvalue weighted by Crippen LogP contribution is 2.47. The minimum Gasteiger partial charge on any atom is -0.496 e. The van der Waals surface area contributed by atoms with Gasteiger partial charge >= 0.3 is 0 Å². The maximum Gasteiger partial charge on any atom is 0.178 e. The second-order valence-corrected chi connectivity index (χ2v) is 10.1. The average molecular weight is 494 g/mol. The summed E-state index contributed by atoms with van der Waals surface area (Å²) in [5, 5.41) is 19.8. The Labute approximate surface area is 185 Å². The third-order valence-electron chi connectivity index (χ3n) is 5.25. The van der Waals surface area contributed by atoms with Crippen LogP contribution in [0.3, 0.4) is 0 Å². The Bertz CT molecular complexity index is 1020. The maximum absolute atomic E-state index is 12.6. The molecule has 0 fully saturated rings. The van der Waals surface area contributed by atoms with Gasteiger partial charge in [0, 0.05) is 22.0 Å². The fourth-order valence-electron chi connectivity index (χ4n) is 3.79. The van der Waals surface area contributed by atoms with Crippen molar-refractivity contribution in [1.29, 1.82) is 5.26 Å². The summed E-state index contributed by atoms with van der Waals surface area (Å²) in [7, 11) is -1.84. The Balaban J connectivity index is 1.84. The molecule has 1 N–H and O–H groups in total. The van der Waals surface area contributed by atoms with Crippen molar-refractivity contribution in [2.24, 2.45) is 0 Å². The van der Waals surface area contributed by atoms with Crippen molar-refractivity contribution in [1.82, 2.24) is 0 Å². The molecule has 0 radical (unpaired) electrons. The quantitative estimate of drug-likeness (QED) is 0.581. The molecule has 30 heavy (non-hydrogen) atoms. The third-order valence-corrected chi connectivity index (χ3v) is 7.75. The Morgan fingerprint density at radius 1 is 1.17 bits per heavy atom. The van der Waals surface area contributed by atoms with Gasteiger partial charge in [-0.15, -0.1) is 0 Å². The number of nitrogens with zero attached hydrogens (tertiary/aromatic N) is 1. The molecule has 6 nitrogen and oxygen atoms in total. The summed E-state index contributed by atoms with van der Waals surface area (Å²) in [4.78, 5) is 0.303. The van der Waals surface area contributed by atoms with Crippen LogP contribution in [-0.4, -0.2) is 32.5 Å². The number of hydrogen-bond donors (Lipinski definition) is 1. The molecular weight excluding hydrogens is 470 g/mol. The molecule has 0 unspecified atom stereocenters. The highest BCUT2D eigenvalue weighted by Gasteiger charge is 2.38. The standard InChI is InChI=1S/C22H24BrNO5S/c1-28-17-12-11-16(23)20-21(17)18(29-19(22(20)25)9-5-13-24)10-6-14-30(26,27)15-7-3-2-4-8-15/h2-4,7-8,11-12,18-19,22,25H,5-6,9-10,14H2,1H3/t18-,19+,22-/m1/s1. The summed E-state index contributed by atoms with van der Waals surface area (Å²) in [6.07, 6.45) is -0.406. The van der Waals surface area contributed by atoms with E-state index in [9.17, 15) is 13.5 Å². The predicted molar refractivity (Wildman–Crippen MR) is 116 cm³/mol. The topological polar surface area (TPSA) is 96.6 Å². The second-order valence-electron chi connectivity index (χ2n) is 7.16. The molecule has 0 saturated heterocycles. The van der Waals surface area contributed by atoms with E-state index >= 15 is 0 Å². The van der Waals surface area contributed by atoms with Gasteiger partial charge in [-0.3, -0.25) is 0 Å². The molecule has 0 aliphatic carbocycles. The van der Waals surface area contributed by atoms with Crippen LogP contribution >= 0.6 is 15.9 Å². The zero-order valence-electron chi connectivity index (χ0n) is 16.6. The Morgan fingerprint density at radius 3 is 2.57 bits per heavy atom. The van der Waals surface area contributed by atoms with Crippen LogP contribution in [0.1, 0.15) is 49.0 Å². The summed E-state index contributed by atoms with van der Waals surface area (Å²) >= 11 is 3.51. The summed E-state index contributed by atoms with van der Waals surface area (Å²) in [5.74, 6) is 0.579. The Kier molecular flexibility index (Phi) is 7.53. The molecule has 160 valence electrons. The lowest BCUT2D eigenvalue weighted by atomic mass is 9.88. The molecule has 8 heteroatoms. The number of benzene rings is 2. The number of fused-ring (bicyclic) bond motifs is 1. The molecule has 1 aliphatic heterocycles. The first-order chi connectivity index (χ1) is 14.4. The van der Waals surface area contributed by atoms with Crippen molar-refractivity contribution in [3.05, 3.63) is 58.1 Å². The number of ether oxygens (including phenoxy) is 2. The predicted octanol–water partition coefficient (Wildman–Crippen LogP) is 4.49. The lowest BCUT2D eigenvalue weighted by molar-refractivity contribution is -0.103. The van der Waals surface area contributed by atoms with E-state index in [0.29, 0.717) is 35.5 Å². The first-order valence-corrected chi connectivity index (χ1v) is 12.2. The normalized spacial score (nSPS) is 20.9. The van der Waals surface area contributed by atoms with Crippen molar-refractivity contribution in [3.63, 3.8) is 0 Å². The van der Waals surface area contributed by atoms with Crippen LogP contribution in [0.2, 0.25) is 0 Å². The highest BCUT2D eigenvalue weighted by molar-refractivity contribution is 9.10. The SMILES string of the molecule is COc1ccc(Br)c2c1[C@@H](CCCS(=O)(=O)c1ccccc1)O[C@@H](CCC#N)[C@H]2O. The van der Waals surface area contributed by atoms with Crippen molar-refractivity contribution in [2.45, 2.75) is 48.9 Å². The number of sulfone groups is 1. The van der Waals surface area contributed by atoms with Crippen molar-refractivity contribution in [2.75, 3.05) is 12.9 Å². The minimum atomic E-state index is -3.39. The fraction of sp³-hybridized carbons (Fsp3) is 0.409. The summed E-state index contributed by atoms with van der Waals surface area (Å²) < 4.78 is 37.6. The van der Waals surface area contributed by atoms with Gasteiger partial charge in [-0.25, -0.2) is 8.42 Å². The van der Waals surface area contributed by atoms with Gasteiger partial charge < -0.3 is 14.6 Å². The Hall–Kier alpha value is -1.92. The summed E-state index contributed by atoms with van der Waals surface area (Å²) in [6.45, 7) is 0. The highest BCUT2D eigenvalue weighted by atomic mass is 79.9. The van der Waals surface area contributed by atoms with E-state index in [1.165, 1.54) is 0 Å². The van der Waals surface area contributed by atoms with Gasteiger partial charge in [0.25, 0.3) is 0 Å². The Morgan fingerprint density at radius 2 is 1.90 bits per heavy atom. The zero-order chi connectivity index (χ0) is 21.7. The van der Waals surface area contributed by atoms with E-state index in [1.54, 1.807) is 43.5 Å². The van der Waals surface area contributed by atoms with Gasteiger partial charge in [-0.05, 0) is 43.5 Å². The largest absolute Gasteiger partial charge is 0.496 e. The smallest absolute Gasteiger partial charge is 0.178 e. The number of methoxy groups -OCH3 is 1. The van der Waals surface area contributed by atoms with Gasteiger partial charge in [0.1, 0.15) is 11.9 Å². The second kappa shape index (κ2) is 9.92. The average Bonchev–Trinajstić information content (AvgIpc) is 2.75. The van der Waals surface area contributed by atoms with Gasteiger partial charge in [-0.2, -0.15) is 5.26 Å². The molecule has 1 aliphatic rings. The monoisotopic (exact) mass is 493 g/mol. The number of hydrogen-bond acceptors (Lipinski definition) is 6. The molecule has 3 rings (SSSR count). The zero-order valence-corrected chi connectivity index (χ0v) is 19.0. The van der Waals surface area contributed by atoms with Crippen LogP contribution in [0.15, 0.2) is 51.8 Å². The fourth-order valence-corrected chi connectivity index (χ4v) is 5.72. The summed E-state index contributed by atoms with van der Waals surface area (Å²) in [6, 6.07) is 14.1. The molecular formula is C22H24BrNO5S. The van der Waals surface area contributed by atoms with Crippen LogP contribution in [-0.2, 0) is 14.6 Å². The van der Waals surface area contributed by atoms with Gasteiger partial charge in [0.15, 0.2) is 9.84 Å². The molecule has 2 aromatic carbocycles. The molecule has 2 aromatic rings. The van der Waals surface area contributed by atoms with E-state index in [0.717, 1.165) is 10.0 Å². The number of aliphatic hydroxyl groups is 1. The lowest BCUT2D eigenvalue weighted by Crippen LogP contribution is -2.32. The molecule has 0 amide bonds. The minimum absolute atomic E-state index is 0.00601. The van der Waals surface area contributed by atoms with E-state index in [2.05, 4.69) is 22.0 Å². The molecule has 0 bridgehead atoms. The number of aliphatic hydroxyl groups excluding tert-OH is 1. The van der Waals surface area contributed by atoms with Crippen LogP contribution < -0.4 is 4.74 Å². The van der Waals surface area contributed by atoms with E-state index in [-0.39, 0.29) is 12.2 Å². The van der Waals surface area contributed by atoms with E-state index in [4.69, 9.17) is 14.7 Å². The molecule has 0 saturated carbocycles. The molecule has 0 aromatic heterocycles. The van der Waals surface area contributed by atoms with Crippen molar-refractivity contribution in [3.8, 4) is 11.8 Å². The maximum atomic E-state index is 12.6. The molecule has 1 heterocycles. The lowest BCUT2D eigenvalue weighted by Gasteiger charge is -2.37. The van der Waals surface area contributed by atoms with Crippen LogP contribution in [0, 0.1) is 11.3 Å². The van der Waals surface area contributed by atoms with Gasteiger partial charge in [-0.1, -0.05) is 34.1 Å². The first kappa shape index (κ1) is 22.8. The van der Waals surface area contributed by atoms with E-state index < -0.39 is 28.1 Å². The van der Waals surface area contributed by atoms with Crippen LogP contribution in [0.25, 0.3) is 0 Å². The third kappa shape index (κ3) is 4.86. The van der Waals surface area contributed by atoms with Gasteiger partial charge in [0.2, 0.25) is 0 Å². The summed E-state index contributed by atoms with van der Waals surface area (Å²) in [5.41, 5.74) is 1.41. The van der Waals surface area contributed by atoms with Crippen molar-refractivity contribution < 1.29 is 23.0 Å². The number of rotatable bonds is 8. The van der Waals surface area contributed by atoms with Crippen molar-refractivity contribution >= 4 is 25.8 Å². The number of nitriles is 1. The molecule has 0 spiro atoms.